The maximum absolute atomic E-state index is 11.8. The fraction of sp³-hybridized carbons (Fsp3) is 0. The highest BCUT2D eigenvalue weighted by Gasteiger charge is 2.06. The number of para-hydroxylation sites is 1. The summed E-state index contributed by atoms with van der Waals surface area (Å²) in [5.41, 5.74) is 6.54. The summed E-state index contributed by atoms with van der Waals surface area (Å²) < 4.78 is 1.82. The Labute approximate surface area is 99.9 Å². The van der Waals surface area contributed by atoms with Crippen LogP contribution in [0.5, 0.6) is 0 Å². The van der Waals surface area contributed by atoms with Gasteiger partial charge < -0.3 is 5.73 Å². The van der Waals surface area contributed by atoms with Gasteiger partial charge in [-0.15, -0.1) is 0 Å². The van der Waals surface area contributed by atoms with Gasteiger partial charge in [-0.3, -0.25) is 4.79 Å². The molecule has 1 aromatic heterocycles. The van der Waals surface area contributed by atoms with E-state index in [4.69, 9.17) is 5.73 Å². The van der Waals surface area contributed by atoms with Crippen molar-refractivity contribution in [3.63, 3.8) is 0 Å². The molecule has 76 valence electrons. The first kappa shape index (κ1) is 10.2. The molecule has 0 saturated carbocycles. The molecule has 0 unspecified atom stereocenters. The molecule has 0 aliphatic carbocycles. The predicted octanol–water partition coefficient (Wildman–Crippen LogP) is 1.42. The van der Waals surface area contributed by atoms with Crippen LogP contribution in [0.1, 0.15) is 0 Å². The molecular weight excluding hydrogens is 305 g/mol. The Morgan fingerprint density at radius 1 is 1.27 bits per heavy atom. The van der Waals surface area contributed by atoms with Crippen LogP contribution in [0, 0.1) is 3.57 Å². The van der Waals surface area contributed by atoms with Crippen molar-refractivity contribution in [3.8, 4) is 5.69 Å². The zero-order valence-electron chi connectivity index (χ0n) is 7.72. The Balaban J connectivity index is 2.66. The normalized spacial score (nSPS) is 10.2. The van der Waals surface area contributed by atoms with E-state index in [-0.39, 0.29) is 5.56 Å². The molecule has 4 nitrogen and oxygen atoms in total. The molecule has 15 heavy (non-hydrogen) atoms. The zero-order chi connectivity index (χ0) is 10.8. The lowest BCUT2D eigenvalue weighted by molar-refractivity contribution is 0.802. The van der Waals surface area contributed by atoms with Gasteiger partial charge in [-0.05, 0) is 34.7 Å². The van der Waals surface area contributed by atoms with E-state index in [0.717, 1.165) is 5.69 Å². The van der Waals surface area contributed by atoms with Crippen LogP contribution < -0.4 is 11.3 Å². The molecule has 0 atom stereocenters. The maximum Gasteiger partial charge on any atom is 0.287 e. The second-order valence-corrected chi connectivity index (χ2v) is 4.05. The Hall–Kier alpha value is -1.37. The number of rotatable bonds is 1. The minimum Gasteiger partial charge on any atom is -0.396 e. The number of hydrogen-bond acceptors (Lipinski definition) is 3. The number of nitrogens with two attached hydrogens (primary N) is 1. The van der Waals surface area contributed by atoms with Gasteiger partial charge >= 0.3 is 0 Å². The maximum atomic E-state index is 11.8. The second kappa shape index (κ2) is 4.01. The van der Waals surface area contributed by atoms with Crippen molar-refractivity contribution in [1.29, 1.82) is 0 Å². The summed E-state index contributed by atoms with van der Waals surface area (Å²) in [6.07, 6.45) is 1.48. The van der Waals surface area contributed by atoms with E-state index in [1.807, 2.05) is 52.9 Å². The Bertz CT molecular complexity index is 536. The van der Waals surface area contributed by atoms with Gasteiger partial charge in [0.2, 0.25) is 0 Å². The van der Waals surface area contributed by atoms with Crippen molar-refractivity contribution in [2.75, 3.05) is 5.73 Å². The topological polar surface area (TPSA) is 60.9 Å². The molecule has 0 aliphatic heterocycles. The van der Waals surface area contributed by atoms with Crippen LogP contribution >= 0.6 is 22.6 Å². The Kier molecular flexibility index (Phi) is 2.72. The van der Waals surface area contributed by atoms with Crippen molar-refractivity contribution in [1.82, 2.24) is 9.78 Å². The molecule has 0 amide bonds. The summed E-state index contributed by atoms with van der Waals surface area (Å²) in [4.78, 5) is 11.8. The average Bonchev–Trinajstić information content (AvgIpc) is 2.27. The standard InChI is InChI=1S/C10H8IN3O/c11-9-8(12)6-13-14(10(9)15)7-4-2-1-3-5-7/h1-6H,12H2. The first-order chi connectivity index (χ1) is 7.20. The number of benzene rings is 1. The lowest BCUT2D eigenvalue weighted by Crippen LogP contribution is -2.24. The summed E-state index contributed by atoms with van der Waals surface area (Å²) in [6, 6.07) is 9.23. The lowest BCUT2D eigenvalue weighted by atomic mass is 10.3. The quantitative estimate of drug-likeness (QED) is 0.810. The van der Waals surface area contributed by atoms with Gasteiger partial charge in [-0.2, -0.15) is 9.78 Å². The van der Waals surface area contributed by atoms with Gasteiger partial charge in [0.1, 0.15) is 3.57 Å². The minimum atomic E-state index is -0.193. The number of nitrogens with zero attached hydrogens (tertiary/aromatic N) is 2. The van der Waals surface area contributed by atoms with Gasteiger partial charge in [0.15, 0.2) is 0 Å². The smallest absolute Gasteiger partial charge is 0.287 e. The minimum absolute atomic E-state index is 0.193. The van der Waals surface area contributed by atoms with Gasteiger partial charge in [0.05, 0.1) is 17.6 Å². The highest BCUT2D eigenvalue weighted by molar-refractivity contribution is 14.1. The van der Waals surface area contributed by atoms with Crippen LogP contribution in [0.2, 0.25) is 0 Å². The molecule has 0 saturated heterocycles. The van der Waals surface area contributed by atoms with Crippen LogP contribution in [-0.2, 0) is 0 Å². The highest BCUT2D eigenvalue weighted by Crippen LogP contribution is 2.09. The summed E-state index contributed by atoms with van der Waals surface area (Å²) in [5.74, 6) is 0. The van der Waals surface area contributed by atoms with Crippen LogP contribution in [-0.4, -0.2) is 9.78 Å². The van der Waals surface area contributed by atoms with Crippen molar-refractivity contribution < 1.29 is 0 Å². The summed E-state index contributed by atoms with van der Waals surface area (Å²) in [6.45, 7) is 0. The average molecular weight is 313 g/mol. The van der Waals surface area contributed by atoms with Crippen LogP contribution in [0.15, 0.2) is 41.3 Å². The van der Waals surface area contributed by atoms with E-state index in [1.54, 1.807) is 0 Å². The third-order valence-corrected chi connectivity index (χ3v) is 3.03. The number of halogens is 1. The van der Waals surface area contributed by atoms with Crippen LogP contribution in [0.4, 0.5) is 5.69 Å². The van der Waals surface area contributed by atoms with E-state index >= 15 is 0 Å². The molecule has 2 aromatic rings. The third kappa shape index (κ3) is 1.87. The molecular formula is C10H8IN3O. The van der Waals surface area contributed by atoms with Crippen molar-refractivity contribution in [2.45, 2.75) is 0 Å². The fourth-order valence-electron chi connectivity index (χ4n) is 1.20. The lowest BCUT2D eigenvalue weighted by Gasteiger charge is -2.05. The van der Waals surface area contributed by atoms with E-state index in [9.17, 15) is 4.79 Å². The molecule has 0 spiro atoms. The van der Waals surface area contributed by atoms with E-state index in [0.29, 0.717) is 9.26 Å². The van der Waals surface area contributed by atoms with Crippen molar-refractivity contribution >= 4 is 28.3 Å². The largest absolute Gasteiger partial charge is 0.396 e. The molecule has 1 aromatic carbocycles. The van der Waals surface area contributed by atoms with Gasteiger partial charge in [0.25, 0.3) is 5.56 Å². The Morgan fingerprint density at radius 2 is 1.93 bits per heavy atom. The van der Waals surface area contributed by atoms with Gasteiger partial charge in [-0.1, -0.05) is 18.2 Å². The Morgan fingerprint density at radius 3 is 2.60 bits per heavy atom. The number of anilines is 1. The summed E-state index contributed by atoms with van der Waals surface area (Å²) >= 11 is 1.92. The zero-order valence-corrected chi connectivity index (χ0v) is 9.88. The predicted molar refractivity (Wildman–Crippen MR) is 67.0 cm³/mol. The molecule has 0 fully saturated rings. The first-order valence-electron chi connectivity index (χ1n) is 4.29. The number of hydrogen-bond donors (Lipinski definition) is 1. The van der Waals surface area contributed by atoms with Crippen molar-refractivity contribution in [2.24, 2.45) is 0 Å². The first-order valence-corrected chi connectivity index (χ1v) is 5.37. The SMILES string of the molecule is Nc1cnn(-c2ccccc2)c(=O)c1I. The molecule has 2 N–H and O–H groups in total. The van der Waals surface area contributed by atoms with Crippen LogP contribution in [0.25, 0.3) is 5.69 Å². The van der Waals surface area contributed by atoms with Gasteiger partial charge in [-0.25, -0.2) is 0 Å². The monoisotopic (exact) mass is 313 g/mol. The van der Waals surface area contributed by atoms with Gasteiger partial charge in [0, 0.05) is 0 Å². The molecule has 1 heterocycles. The van der Waals surface area contributed by atoms with Crippen LogP contribution in [0.3, 0.4) is 0 Å². The van der Waals surface area contributed by atoms with E-state index in [2.05, 4.69) is 5.10 Å². The molecule has 0 radical (unpaired) electrons. The summed E-state index contributed by atoms with van der Waals surface area (Å²) in [5, 5.41) is 3.98. The molecule has 2 rings (SSSR count). The third-order valence-electron chi connectivity index (χ3n) is 1.95. The number of aromatic nitrogens is 2. The van der Waals surface area contributed by atoms with Crippen molar-refractivity contribution in [3.05, 3.63) is 50.5 Å². The van der Waals surface area contributed by atoms with E-state index < -0.39 is 0 Å². The fourth-order valence-corrected chi connectivity index (χ4v) is 1.57. The summed E-state index contributed by atoms with van der Waals surface area (Å²) in [7, 11) is 0. The second-order valence-electron chi connectivity index (χ2n) is 2.97. The number of nitrogen functional groups attached to an aromatic ring is 1. The molecule has 0 bridgehead atoms. The molecule has 5 heteroatoms. The molecule has 0 aliphatic rings. The highest BCUT2D eigenvalue weighted by atomic mass is 127. The van der Waals surface area contributed by atoms with E-state index in [1.165, 1.54) is 10.9 Å².